The van der Waals surface area contributed by atoms with Crippen LogP contribution in [0.15, 0.2) is 0 Å². The molecule has 0 saturated carbocycles. The molecule has 0 amide bonds. The van der Waals surface area contributed by atoms with E-state index in [1.807, 2.05) is 0 Å². The lowest BCUT2D eigenvalue weighted by Gasteiger charge is -2.21. The van der Waals surface area contributed by atoms with Crippen LogP contribution >= 0.6 is 0 Å². The Hall–Kier alpha value is -0.530. The van der Waals surface area contributed by atoms with Crippen molar-refractivity contribution in [1.29, 1.82) is 5.41 Å². The van der Waals surface area contributed by atoms with Crippen LogP contribution in [0.5, 0.6) is 0 Å². The molecule has 0 radical (unpaired) electrons. The number of hydrogen-bond donors (Lipinski definition) is 1. The van der Waals surface area contributed by atoms with Crippen LogP contribution < -0.4 is 0 Å². The minimum absolute atomic E-state index is 0.377. The molecule has 1 aliphatic heterocycles. The van der Waals surface area contributed by atoms with E-state index in [1.165, 1.54) is 0 Å². The standard InChI is InChI=1S/C10H20N2/c1-7(2)10(11)12-5-8(3)9(4)6-12/h7-9,11H,5-6H2,1-4H3. The minimum atomic E-state index is 0.377. The average molecular weight is 168 g/mol. The normalized spacial score (nSPS) is 29.9. The number of amidine groups is 1. The monoisotopic (exact) mass is 168 g/mol. The van der Waals surface area contributed by atoms with Crippen LogP contribution in [-0.2, 0) is 0 Å². The zero-order valence-corrected chi connectivity index (χ0v) is 8.59. The lowest BCUT2D eigenvalue weighted by molar-refractivity contribution is 0.463. The van der Waals surface area contributed by atoms with E-state index in [0.717, 1.165) is 30.8 Å². The number of nitrogens with zero attached hydrogens (tertiary/aromatic N) is 1. The summed E-state index contributed by atoms with van der Waals surface area (Å²) < 4.78 is 0. The lowest BCUT2D eigenvalue weighted by Crippen LogP contribution is -2.31. The van der Waals surface area contributed by atoms with Gasteiger partial charge in [0.05, 0.1) is 5.84 Å². The highest BCUT2D eigenvalue weighted by atomic mass is 15.2. The first-order chi connectivity index (χ1) is 5.52. The minimum Gasteiger partial charge on any atom is -0.360 e. The fraction of sp³-hybridized carbons (Fsp3) is 0.900. The van der Waals surface area contributed by atoms with Gasteiger partial charge in [-0.15, -0.1) is 0 Å². The summed E-state index contributed by atoms with van der Waals surface area (Å²) in [5, 5.41) is 7.85. The molecule has 1 fully saturated rings. The molecule has 0 aromatic heterocycles. The van der Waals surface area contributed by atoms with E-state index in [2.05, 4.69) is 32.6 Å². The quantitative estimate of drug-likeness (QED) is 0.471. The Morgan fingerprint density at radius 2 is 1.67 bits per heavy atom. The van der Waals surface area contributed by atoms with Gasteiger partial charge >= 0.3 is 0 Å². The summed E-state index contributed by atoms with van der Waals surface area (Å²) in [5.41, 5.74) is 0. The van der Waals surface area contributed by atoms with Gasteiger partial charge in [-0.1, -0.05) is 27.7 Å². The Labute approximate surface area is 75.5 Å². The molecule has 0 bridgehead atoms. The molecule has 0 aromatic carbocycles. The van der Waals surface area contributed by atoms with Gasteiger partial charge < -0.3 is 4.90 Å². The maximum atomic E-state index is 7.85. The van der Waals surface area contributed by atoms with E-state index in [4.69, 9.17) is 5.41 Å². The molecule has 0 aliphatic carbocycles. The summed E-state index contributed by atoms with van der Waals surface area (Å²) in [6, 6.07) is 0. The summed E-state index contributed by atoms with van der Waals surface area (Å²) in [7, 11) is 0. The third-order valence-electron chi connectivity index (χ3n) is 2.88. The summed E-state index contributed by atoms with van der Waals surface area (Å²) in [5.74, 6) is 2.70. The zero-order chi connectivity index (χ0) is 9.30. The van der Waals surface area contributed by atoms with Gasteiger partial charge in [0.15, 0.2) is 0 Å². The molecule has 1 heterocycles. The van der Waals surface area contributed by atoms with Crippen LogP contribution in [-0.4, -0.2) is 23.8 Å². The molecular formula is C10H20N2. The first-order valence-corrected chi connectivity index (χ1v) is 4.85. The second kappa shape index (κ2) is 3.46. The topological polar surface area (TPSA) is 27.1 Å². The van der Waals surface area contributed by atoms with Crippen molar-refractivity contribution >= 4 is 5.84 Å². The molecule has 2 atom stereocenters. The Bertz CT molecular complexity index is 165. The highest BCUT2D eigenvalue weighted by molar-refractivity contribution is 5.81. The van der Waals surface area contributed by atoms with Crippen LogP contribution in [0.1, 0.15) is 27.7 Å². The first-order valence-electron chi connectivity index (χ1n) is 4.85. The Balaban J connectivity index is 2.52. The lowest BCUT2D eigenvalue weighted by atomic mass is 10.0. The van der Waals surface area contributed by atoms with Crippen LogP contribution in [0.2, 0.25) is 0 Å². The molecule has 1 rings (SSSR count). The third kappa shape index (κ3) is 1.79. The smallest absolute Gasteiger partial charge is 0.0984 e. The second-order valence-corrected chi connectivity index (χ2v) is 4.40. The molecule has 2 heteroatoms. The molecular weight excluding hydrogens is 148 g/mol. The zero-order valence-electron chi connectivity index (χ0n) is 8.59. The molecule has 70 valence electrons. The summed E-state index contributed by atoms with van der Waals surface area (Å²) in [6.07, 6.45) is 0. The van der Waals surface area contributed by atoms with Gasteiger partial charge in [-0.2, -0.15) is 0 Å². The van der Waals surface area contributed by atoms with Gasteiger partial charge in [0.25, 0.3) is 0 Å². The van der Waals surface area contributed by atoms with Crippen molar-refractivity contribution in [3.63, 3.8) is 0 Å². The van der Waals surface area contributed by atoms with Gasteiger partial charge in [-0.25, -0.2) is 0 Å². The number of likely N-dealkylation sites (tertiary alicyclic amines) is 1. The van der Waals surface area contributed by atoms with E-state index in [9.17, 15) is 0 Å². The van der Waals surface area contributed by atoms with Crippen molar-refractivity contribution < 1.29 is 0 Å². The fourth-order valence-corrected chi connectivity index (χ4v) is 1.69. The average Bonchev–Trinajstić information content (AvgIpc) is 2.30. The van der Waals surface area contributed by atoms with E-state index >= 15 is 0 Å². The predicted octanol–water partition coefficient (Wildman–Crippen LogP) is 2.21. The number of nitrogens with one attached hydrogen (secondary N) is 1. The van der Waals surface area contributed by atoms with Gasteiger partial charge in [-0.3, -0.25) is 5.41 Å². The first kappa shape index (κ1) is 9.56. The third-order valence-corrected chi connectivity index (χ3v) is 2.88. The Kier molecular flexibility index (Phi) is 2.76. The molecule has 12 heavy (non-hydrogen) atoms. The van der Waals surface area contributed by atoms with Gasteiger partial charge in [0, 0.05) is 19.0 Å². The summed E-state index contributed by atoms with van der Waals surface area (Å²) in [6.45, 7) is 10.9. The van der Waals surface area contributed by atoms with Gasteiger partial charge in [0.1, 0.15) is 0 Å². The SMILES string of the molecule is CC(C)C(=N)N1CC(C)C(C)C1. The van der Waals surface area contributed by atoms with Crippen molar-refractivity contribution in [3.05, 3.63) is 0 Å². The molecule has 1 saturated heterocycles. The van der Waals surface area contributed by atoms with E-state index < -0.39 is 0 Å². The van der Waals surface area contributed by atoms with E-state index in [1.54, 1.807) is 0 Å². The second-order valence-electron chi connectivity index (χ2n) is 4.40. The summed E-state index contributed by atoms with van der Waals surface area (Å²) in [4.78, 5) is 2.22. The van der Waals surface area contributed by atoms with E-state index in [-0.39, 0.29) is 0 Å². The fourth-order valence-electron chi connectivity index (χ4n) is 1.69. The maximum Gasteiger partial charge on any atom is 0.0984 e. The maximum absolute atomic E-state index is 7.85. The van der Waals surface area contributed by atoms with Crippen LogP contribution in [0.4, 0.5) is 0 Å². The predicted molar refractivity (Wildman–Crippen MR) is 52.5 cm³/mol. The van der Waals surface area contributed by atoms with Crippen LogP contribution in [0.3, 0.4) is 0 Å². The summed E-state index contributed by atoms with van der Waals surface area (Å²) >= 11 is 0. The van der Waals surface area contributed by atoms with E-state index in [0.29, 0.717) is 5.92 Å². The van der Waals surface area contributed by atoms with Crippen LogP contribution in [0.25, 0.3) is 0 Å². The number of rotatable bonds is 1. The largest absolute Gasteiger partial charge is 0.360 e. The molecule has 0 aromatic rings. The Morgan fingerprint density at radius 3 is 2.00 bits per heavy atom. The van der Waals surface area contributed by atoms with Crippen LogP contribution in [0, 0.1) is 23.2 Å². The number of hydrogen-bond acceptors (Lipinski definition) is 1. The molecule has 0 spiro atoms. The molecule has 1 N–H and O–H groups in total. The highest BCUT2D eigenvalue weighted by Gasteiger charge is 2.28. The molecule has 2 unspecified atom stereocenters. The Morgan fingerprint density at radius 1 is 1.25 bits per heavy atom. The van der Waals surface area contributed by atoms with Crippen molar-refractivity contribution in [2.75, 3.05) is 13.1 Å². The van der Waals surface area contributed by atoms with Crippen molar-refractivity contribution in [3.8, 4) is 0 Å². The highest BCUT2D eigenvalue weighted by Crippen LogP contribution is 2.23. The molecule has 2 nitrogen and oxygen atoms in total. The van der Waals surface area contributed by atoms with Gasteiger partial charge in [0.2, 0.25) is 0 Å². The van der Waals surface area contributed by atoms with Crippen molar-refractivity contribution in [1.82, 2.24) is 4.90 Å². The van der Waals surface area contributed by atoms with Crippen molar-refractivity contribution in [2.45, 2.75) is 27.7 Å². The van der Waals surface area contributed by atoms with Crippen molar-refractivity contribution in [2.24, 2.45) is 17.8 Å². The molecule has 1 aliphatic rings. The van der Waals surface area contributed by atoms with Gasteiger partial charge in [-0.05, 0) is 11.8 Å².